The molecular formula is C18H24N2O4S. The molecule has 25 heavy (non-hydrogen) atoms. The third kappa shape index (κ3) is 4.75. The second-order valence-corrected chi connectivity index (χ2v) is 8.43. The molecule has 1 aromatic carbocycles. The van der Waals surface area contributed by atoms with Gasteiger partial charge in [0.05, 0.1) is 30.1 Å². The van der Waals surface area contributed by atoms with Crippen molar-refractivity contribution >= 4 is 9.84 Å². The van der Waals surface area contributed by atoms with Crippen molar-refractivity contribution in [2.24, 2.45) is 0 Å². The monoisotopic (exact) mass is 364 g/mol. The van der Waals surface area contributed by atoms with Crippen LogP contribution in [0.5, 0.6) is 11.5 Å². The number of rotatable bonds is 7. The third-order valence-electron chi connectivity index (χ3n) is 4.14. The summed E-state index contributed by atoms with van der Waals surface area (Å²) in [6.07, 6.45) is 7.02. The van der Waals surface area contributed by atoms with Crippen LogP contribution >= 0.6 is 0 Å². The fourth-order valence-corrected chi connectivity index (χ4v) is 4.17. The Bertz CT molecular complexity index is 814. The van der Waals surface area contributed by atoms with Crippen LogP contribution in [-0.2, 0) is 16.4 Å². The predicted molar refractivity (Wildman–Crippen MR) is 94.9 cm³/mol. The maximum absolute atomic E-state index is 12.5. The molecule has 0 amide bonds. The fourth-order valence-electron chi connectivity index (χ4n) is 2.79. The second-order valence-electron chi connectivity index (χ2n) is 6.32. The molecule has 136 valence electrons. The average molecular weight is 364 g/mol. The van der Waals surface area contributed by atoms with E-state index in [1.165, 1.54) is 0 Å². The first-order chi connectivity index (χ1) is 12.0. The van der Waals surface area contributed by atoms with E-state index in [9.17, 15) is 8.42 Å². The van der Waals surface area contributed by atoms with Gasteiger partial charge in [0.25, 0.3) is 0 Å². The summed E-state index contributed by atoms with van der Waals surface area (Å²) in [5.74, 6) is 1.28. The minimum absolute atomic E-state index is 0.144. The van der Waals surface area contributed by atoms with Crippen molar-refractivity contribution in [1.82, 2.24) is 9.78 Å². The molecule has 0 radical (unpaired) electrons. The fraction of sp³-hybridized carbons (Fsp3) is 0.500. The Labute approximate surface area is 148 Å². The largest absolute Gasteiger partial charge is 0.490 e. The molecule has 0 fully saturated rings. The number of fused-ring (bicyclic) bond motifs is 1. The molecule has 1 aromatic heterocycles. The molecule has 1 aliphatic heterocycles. The van der Waals surface area contributed by atoms with Crippen LogP contribution in [0.15, 0.2) is 35.5 Å². The van der Waals surface area contributed by atoms with Gasteiger partial charge in [0.2, 0.25) is 0 Å². The number of aromatic nitrogens is 2. The first-order valence-electron chi connectivity index (χ1n) is 8.66. The highest BCUT2D eigenvalue weighted by molar-refractivity contribution is 7.91. The van der Waals surface area contributed by atoms with Crippen LogP contribution in [0.1, 0.15) is 31.2 Å². The van der Waals surface area contributed by atoms with Gasteiger partial charge in [-0.25, -0.2) is 8.42 Å². The Morgan fingerprint density at radius 2 is 1.92 bits per heavy atom. The van der Waals surface area contributed by atoms with Crippen molar-refractivity contribution in [3.8, 4) is 11.5 Å². The third-order valence-corrected chi connectivity index (χ3v) is 5.94. The summed E-state index contributed by atoms with van der Waals surface area (Å²) < 4.78 is 38.1. The lowest BCUT2D eigenvalue weighted by Gasteiger charge is -2.10. The Morgan fingerprint density at radius 3 is 2.68 bits per heavy atom. The standard InChI is InChI=1S/C18H24N2O4S/c1-15-13-19-20(14-15)8-3-2-4-11-25(21,22)16-6-7-17-18(12-16)24-10-5-9-23-17/h6-7,12-14H,2-5,8-11H2,1H3. The van der Waals surface area contributed by atoms with Crippen molar-refractivity contribution < 1.29 is 17.9 Å². The maximum Gasteiger partial charge on any atom is 0.178 e. The SMILES string of the molecule is Cc1cnn(CCCCCS(=O)(=O)c2ccc3c(c2)OCCCO3)c1. The van der Waals surface area contributed by atoms with Crippen molar-refractivity contribution in [3.05, 3.63) is 36.2 Å². The number of benzene rings is 1. The normalized spacial score (nSPS) is 14.3. The topological polar surface area (TPSA) is 70.4 Å². The highest BCUT2D eigenvalue weighted by Crippen LogP contribution is 2.32. The molecular weight excluding hydrogens is 340 g/mol. The van der Waals surface area contributed by atoms with Crippen LogP contribution in [0.25, 0.3) is 0 Å². The minimum Gasteiger partial charge on any atom is -0.490 e. The maximum atomic E-state index is 12.5. The van der Waals surface area contributed by atoms with E-state index in [0.29, 0.717) is 36.0 Å². The molecule has 7 heteroatoms. The first-order valence-corrected chi connectivity index (χ1v) is 10.3. The molecule has 1 aliphatic rings. The molecule has 0 spiro atoms. The van der Waals surface area contributed by atoms with Crippen LogP contribution < -0.4 is 9.47 Å². The molecule has 2 heterocycles. The van der Waals surface area contributed by atoms with E-state index in [4.69, 9.17) is 9.47 Å². The lowest BCUT2D eigenvalue weighted by Crippen LogP contribution is -2.08. The molecule has 6 nitrogen and oxygen atoms in total. The summed E-state index contributed by atoms with van der Waals surface area (Å²) in [5.41, 5.74) is 1.14. The van der Waals surface area contributed by atoms with Crippen LogP contribution in [0, 0.1) is 6.92 Å². The minimum atomic E-state index is -3.30. The summed E-state index contributed by atoms with van der Waals surface area (Å²) in [4.78, 5) is 0.305. The van der Waals surface area contributed by atoms with Gasteiger partial charge in [0.1, 0.15) is 0 Å². The van der Waals surface area contributed by atoms with Crippen LogP contribution in [-0.4, -0.2) is 37.2 Å². The van der Waals surface area contributed by atoms with Crippen molar-refractivity contribution in [1.29, 1.82) is 0 Å². The molecule has 0 saturated heterocycles. The van der Waals surface area contributed by atoms with E-state index in [-0.39, 0.29) is 5.75 Å². The summed E-state index contributed by atoms with van der Waals surface area (Å²) in [6.45, 7) is 3.96. The van der Waals surface area contributed by atoms with Crippen molar-refractivity contribution in [2.75, 3.05) is 19.0 Å². The molecule has 0 bridgehead atoms. The van der Waals surface area contributed by atoms with E-state index in [0.717, 1.165) is 31.4 Å². The number of sulfone groups is 1. The summed E-state index contributed by atoms with van der Waals surface area (Å²) in [6, 6.07) is 4.88. The van der Waals surface area contributed by atoms with E-state index >= 15 is 0 Å². The summed E-state index contributed by atoms with van der Waals surface area (Å²) >= 11 is 0. The Hall–Kier alpha value is -2.02. The lowest BCUT2D eigenvalue weighted by molar-refractivity contribution is 0.297. The number of hydrogen-bond donors (Lipinski definition) is 0. The van der Waals surface area contributed by atoms with E-state index in [2.05, 4.69) is 5.10 Å². The van der Waals surface area contributed by atoms with Crippen molar-refractivity contribution in [3.63, 3.8) is 0 Å². The van der Waals surface area contributed by atoms with Gasteiger partial charge in [-0.05, 0) is 37.5 Å². The first kappa shape index (κ1) is 17.8. The van der Waals surface area contributed by atoms with Crippen molar-refractivity contribution in [2.45, 2.75) is 44.0 Å². The van der Waals surface area contributed by atoms with Gasteiger partial charge in [0, 0.05) is 25.2 Å². The average Bonchev–Trinajstić information content (AvgIpc) is 2.86. The van der Waals surface area contributed by atoms with Gasteiger partial charge >= 0.3 is 0 Å². The molecule has 0 aliphatic carbocycles. The zero-order chi connectivity index (χ0) is 17.7. The number of ether oxygens (including phenoxy) is 2. The Morgan fingerprint density at radius 1 is 1.12 bits per heavy atom. The molecule has 3 rings (SSSR count). The predicted octanol–water partition coefficient (Wildman–Crippen LogP) is 3.00. The van der Waals surface area contributed by atoms with Gasteiger partial charge in [-0.1, -0.05) is 6.42 Å². The van der Waals surface area contributed by atoms with Gasteiger partial charge < -0.3 is 9.47 Å². The molecule has 0 N–H and O–H groups in total. The summed E-state index contributed by atoms with van der Waals surface area (Å²) in [7, 11) is -3.30. The quantitative estimate of drug-likeness (QED) is 0.707. The van der Waals surface area contributed by atoms with Gasteiger partial charge in [-0.2, -0.15) is 5.10 Å². The van der Waals surface area contributed by atoms with Gasteiger partial charge in [-0.3, -0.25) is 4.68 Å². The molecule has 0 atom stereocenters. The lowest BCUT2D eigenvalue weighted by atomic mass is 10.2. The molecule has 0 saturated carbocycles. The van der Waals surface area contributed by atoms with Crippen LogP contribution in [0.3, 0.4) is 0 Å². The number of nitrogens with zero attached hydrogens (tertiary/aromatic N) is 2. The van der Waals surface area contributed by atoms with E-state index in [1.807, 2.05) is 24.0 Å². The Balaban J connectivity index is 1.52. The summed E-state index contributed by atoms with van der Waals surface area (Å²) in [5, 5.41) is 4.23. The Kier molecular flexibility index (Phi) is 5.63. The van der Waals surface area contributed by atoms with E-state index < -0.39 is 9.84 Å². The zero-order valence-electron chi connectivity index (χ0n) is 14.5. The van der Waals surface area contributed by atoms with Crippen LogP contribution in [0.2, 0.25) is 0 Å². The molecule has 2 aromatic rings. The molecule has 0 unspecified atom stereocenters. The van der Waals surface area contributed by atoms with E-state index in [1.54, 1.807) is 18.2 Å². The zero-order valence-corrected chi connectivity index (χ0v) is 15.3. The van der Waals surface area contributed by atoms with Gasteiger partial charge in [-0.15, -0.1) is 0 Å². The van der Waals surface area contributed by atoms with Gasteiger partial charge in [0.15, 0.2) is 21.3 Å². The highest BCUT2D eigenvalue weighted by Gasteiger charge is 2.18. The number of unbranched alkanes of at least 4 members (excludes halogenated alkanes) is 2. The van der Waals surface area contributed by atoms with Crippen LogP contribution in [0.4, 0.5) is 0 Å². The number of hydrogen-bond acceptors (Lipinski definition) is 5. The second kappa shape index (κ2) is 7.91. The highest BCUT2D eigenvalue weighted by atomic mass is 32.2. The number of aryl methyl sites for hydroxylation is 2. The smallest absolute Gasteiger partial charge is 0.178 e.